The topological polar surface area (TPSA) is 86.8 Å². The lowest BCUT2D eigenvalue weighted by molar-refractivity contribution is -0.140. The van der Waals surface area contributed by atoms with Gasteiger partial charge in [0.1, 0.15) is 12.6 Å². The van der Waals surface area contributed by atoms with Crippen molar-refractivity contribution in [1.29, 1.82) is 0 Å². The summed E-state index contributed by atoms with van der Waals surface area (Å²) in [7, 11) is -4.09. The Labute approximate surface area is 230 Å². The van der Waals surface area contributed by atoms with Gasteiger partial charge in [0.05, 0.1) is 10.6 Å². The van der Waals surface area contributed by atoms with Gasteiger partial charge in [0, 0.05) is 18.1 Å². The zero-order chi connectivity index (χ0) is 27.7. The van der Waals surface area contributed by atoms with Gasteiger partial charge in [0.15, 0.2) is 0 Å². The van der Waals surface area contributed by atoms with Crippen LogP contribution < -0.4 is 9.62 Å². The predicted molar refractivity (Wildman–Crippen MR) is 152 cm³/mol. The van der Waals surface area contributed by atoms with E-state index in [1.807, 2.05) is 32.9 Å². The average Bonchev–Trinajstić information content (AvgIpc) is 2.93. The van der Waals surface area contributed by atoms with Crippen LogP contribution in [0.5, 0.6) is 0 Å². The summed E-state index contributed by atoms with van der Waals surface area (Å²) in [6, 6.07) is 21.4. The van der Waals surface area contributed by atoms with Crippen molar-refractivity contribution in [2.75, 3.05) is 17.4 Å². The molecular formula is C29H34ClN3O4S. The van der Waals surface area contributed by atoms with Crippen LogP contribution in [0.15, 0.2) is 83.8 Å². The van der Waals surface area contributed by atoms with E-state index in [2.05, 4.69) is 5.32 Å². The number of benzene rings is 3. The van der Waals surface area contributed by atoms with Crippen molar-refractivity contribution in [3.05, 3.63) is 95.0 Å². The number of carbonyl (C=O) groups is 2. The van der Waals surface area contributed by atoms with Gasteiger partial charge in [-0.2, -0.15) is 0 Å². The fourth-order valence-corrected chi connectivity index (χ4v) is 5.88. The number of hydrogen-bond donors (Lipinski definition) is 1. The highest BCUT2D eigenvalue weighted by atomic mass is 35.5. The molecule has 0 aliphatic heterocycles. The monoisotopic (exact) mass is 555 g/mol. The van der Waals surface area contributed by atoms with Crippen LogP contribution >= 0.6 is 11.6 Å². The highest BCUT2D eigenvalue weighted by molar-refractivity contribution is 7.92. The first-order valence-corrected chi connectivity index (χ1v) is 14.5. The number of hydrogen-bond acceptors (Lipinski definition) is 4. The molecule has 38 heavy (non-hydrogen) atoms. The molecule has 0 heterocycles. The maximum atomic E-state index is 14.0. The third kappa shape index (κ3) is 6.94. The summed E-state index contributed by atoms with van der Waals surface area (Å²) in [5.41, 5.74) is 2.00. The van der Waals surface area contributed by atoms with Crippen LogP contribution in [0.1, 0.15) is 38.3 Å². The Kier molecular flexibility index (Phi) is 10.3. The molecule has 1 N–H and O–H groups in total. The van der Waals surface area contributed by atoms with Gasteiger partial charge in [-0.05, 0) is 61.2 Å². The Bertz CT molecular complexity index is 1330. The van der Waals surface area contributed by atoms with Gasteiger partial charge in [-0.1, -0.05) is 74.0 Å². The van der Waals surface area contributed by atoms with E-state index in [0.717, 1.165) is 15.4 Å². The third-order valence-electron chi connectivity index (χ3n) is 6.25. The van der Waals surface area contributed by atoms with Gasteiger partial charge in [0.25, 0.3) is 10.0 Å². The summed E-state index contributed by atoms with van der Waals surface area (Å²) >= 11 is 6.05. The van der Waals surface area contributed by atoms with Crippen molar-refractivity contribution < 1.29 is 18.0 Å². The fourth-order valence-electron chi connectivity index (χ4n) is 4.28. The van der Waals surface area contributed by atoms with Crippen LogP contribution in [-0.4, -0.2) is 44.3 Å². The number of rotatable bonds is 12. The normalized spacial score (nSPS) is 12.0. The number of anilines is 1. The van der Waals surface area contributed by atoms with Crippen LogP contribution in [-0.2, 0) is 32.6 Å². The van der Waals surface area contributed by atoms with Gasteiger partial charge >= 0.3 is 0 Å². The van der Waals surface area contributed by atoms with Gasteiger partial charge in [-0.3, -0.25) is 13.9 Å². The highest BCUT2D eigenvalue weighted by Gasteiger charge is 2.34. The molecule has 9 heteroatoms. The third-order valence-corrected chi connectivity index (χ3v) is 8.28. The quantitative estimate of drug-likeness (QED) is 0.339. The molecule has 2 amide bonds. The number of amides is 2. The average molecular weight is 556 g/mol. The van der Waals surface area contributed by atoms with Crippen LogP contribution in [0.2, 0.25) is 5.02 Å². The molecular weight excluding hydrogens is 522 g/mol. The maximum Gasteiger partial charge on any atom is 0.264 e. The minimum atomic E-state index is -4.09. The fraction of sp³-hybridized carbons (Fsp3) is 0.310. The molecule has 0 saturated carbocycles. The van der Waals surface area contributed by atoms with Crippen molar-refractivity contribution in [3.8, 4) is 0 Å². The van der Waals surface area contributed by atoms with Gasteiger partial charge in [-0.25, -0.2) is 8.42 Å². The summed E-state index contributed by atoms with van der Waals surface area (Å²) in [5, 5.41) is 3.35. The van der Waals surface area contributed by atoms with E-state index in [1.165, 1.54) is 17.0 Å². The largest absolute Gasteiger partial charge is 0.355 e. The van der Waals surface area contributed by atoms with Gasteiger partial charge < -0.3 is 10.2 Å². The minimum absolute atomic E-state index is 0.0822. The highest BCUT2D eigenvalue weighted by Crippen LogP contribution is 2.28. The number of halogens is 1. The molecule has 0 saturated heterocycles. The van der Waals surface area contributed by atoms with E-state index >= 15 is 0 Å². The van der Waals surface area contributed by atoms with E-state index in [0.29, 0.717) is 30.1 Å². The first-order valence-electron chi connectivity index (χ1n) is 12.7. The van der Waals surface area contributed by atoms with Crippen LogP contribution in [0.4, 0.5) is 5.69 Å². The Hall–Kier alpha value is -3.36. The van der Waals surface area contributed by atoms with Crippen molar-refractivity contribution >= 4 is 39.1 Å². The van der Waals surface area contributed by atoms with E-state index < -0.39 is 28.5 Å². The number of aryl methyl sites for hydroxylation is 1. The molecule has 3 rings (SSSR count). The lowest BCUT2D eigenvalue weighted by Crippen LogP contribution is -2.52. The van der Waals surface area contributed by atoms with Gasteiger partial charge in [0.2, 0.25) is 11.8 Å². The molecule has 0 fully saturated rings. The SMILES string of the molecule is CCNC(=O)C(CC)N(Cc1ccc(Cl)cc1)C(=O)CN(c1ccccc1CC)S(=O)(=O)c1ccccc1. The Morgan fingerprint density at radius 2 is 1.53 bits per heavy atom. The van der Waals surface area contributed by atoms with Crippen molar-refractivity contribution in [2.24, 2.45) is 0 Å². The lowest BCUT2D eigenvalue weighted by atomic mass is 10.1. The Morgan fingerprint density at radius 1 is 0.895 bits per heavy atom. The minimum Gasteiger partial charge on any atom is -0.355 e. The van der Waals surface area contributed by atoms with Crippen molar-refractivity contribution in [2.45, 2.75) is 51.1 Å². The van der Waals surface area contributed by atoms with E-state index in [9.17, 15) is 18.0 Å². The molecule has 1 atom stereocenters. The summed E-state index contributed by atoms with van der Waals surface area (Å²) in [5.74, 6) is -0.771. The molecule has 3 aromatic carbocycles. The standard InChI is InChI=1S/C29H34ClN3O4S/c1-4-23-12-10-11-15-27(23)33(38(36,37)25-13-8-7-9-14-25)21-28(34)32(26(5-2)29(35)31-6-3)20-22-16-18-24(30)19-17-22/h7-19,26H,4-6,20-21H2,1-3H3,(H,31,35). The predicted octanol–water partition coefficient (Wildman–Crippen LogP) is 5.04. The lowest BCUT2D eigenvalue weighted by Gasteiger charge is -2.33. The molecule has 0 spiro atoms. The molecule has 202 valence electrons. The molecule has 0 aliphatic carbocycles. The zero-order valence-electron chi connectivity index (χ0n) is 21.9. The van der Waals surface area contributed by atoms with Crippen LogP contribution in [0.3, 0.4) is 0 Å². The molecule has 1 unspecified atom stereocenters. The van der Waals surface area contributed by atoms with Crippen LogP contribution in [0, 0.1) is 0 Å². The molecule has 7 nitrogen and oxygen atoms in total. The van der Waals surface area contributed by atoms with E-state index in [4.69, 9.17) is 11.6 Å². The number of para-hydroxylation sites is 1. The Balaban J connectivity index is 2.08. The first kappa shape index (κ1) is 29.2. The second kappa shape index (κ2) is 13.4. The smallest absolute Gasteiger partial charge is 0.264 e. The van der Waals surface area contributed by atoms with E-state index in [-0.39, 0.29) is 17.3 Å². The number of nitrogens with one attached hydrogen (secondary N) is 1. The second-order valence-corrected chi connectivity index (χ2v) is 11.1. The van der Waals surface area contributed by atoms with Crippen molar-refractivity contribution in [3.63, 3.8) is 0 Å². The summed E-state index contributed by atoms with van der Waals surface area (Å²) in [6.45, 7) is 5.65. The zero-order valence-corrected chi connectivity index (χ0v) is 23.5. The number of nitrogens with zero attached hydrogens (tertiary/aromatic N) is 2. The number of likely N-dealkylation sites (N-methyl/N-ethyl adjacent to an activating group) is 1. The number of sulfonamides is 1. The second-order valence-electron chi connectivity index (χ2n) is 8.77. The van der Waals surface area contributed by atoms with Crippen molar-refractivity contribution in [1.82, 2.24) is 10.2 Å². The summed E-state index contributed by atoms with van der Waals surface area (Å²) < 4.78 is 28.9. The maximum absolute atomic E-state index is 14.0. The van der Waals surface area contributed by atoms with Gasteiger partial charge in [-0.15, -0.1) is 0 Å². The van der Waals surface area contributed by atoms with Crippen LogP contribution in [0.25, 0.3) is 0 Å². The molecule has 0 radical (unpaired) electrons. The van der Waals surface area contributed by atoms with E-state index in [1.54, 1.807) is 54.6 Å². The molecule has 3 aromatic rings. The Morgan fingerprint density at radius 3 is 2.13 bits per heavy atom. The first-order chi connectivity index (χ1) is 18.2. The summed E-state index contributed by atoms with van der Waals surface area (Å²) in [4.78, 5) is 28.5. The molecule has 0 bridgehead atoms. The molecule has 0 aromatic heterocycles. The number of carbonyl (C=O) groups excluding carboxylic acids is 2. The summed E-state index contributed by atoms with van der Waals surface area (Å²) in [6.07, 6.45) is 0.943. The molecule has 0 aliphatic rings.